The number of halogens is 2. The summed E-state index contributed by atoms with van der Waals surface area (Å²) in [5.41, 5.74) is 4.49. The van der Waals surface area contributed by atoms with Crippen LogP contribution < -0.4 is 19.6 Å². The Morgan fingerprint density at radius 3 is 2.42 bits per heavy atom. The van der Waals surface area contributed by atoms with E-state index in [4.69, 9.17) is 37.4 Å². The maximum Gasteiger partial charge on any atom is 0.275 e. The lowest BCUT2D eigenvalue weighted by Crippen LogP contribution is -2.18. The van der Waals surface area contributed by atoms with E-state index in [1.165, 1.54) is 13.3 Å². The lowest BCUT2D eigenvalue weighted by molar-refractivity contribution is 0.0952. The molecule has 1 N–H and O–H groups in total. The Balaban J connectivity index is 1.46. The first-order valence-electron chi connectivity index (χ1n) is 11.2. The average Bonchev–Trinajstić information content (AvgIpc) is 2.88. The van der Waals surface area contributed by atoms with Gasteiger partial charge in [-0.1, -0.05) is 53.5 Å². The minimum absolute atomic E-state index is 0.257. The Hall–Kier alpha value is -3.74. The standard InChI is InChI=1S/C28H24Cl2N2O4/c1-3-35-27-12-18(8-11-25(27)36-17-21-9-10-22(29)15-24(21)30)16-31-32-28(33)23-13-19-6-4-5-7-20(19)14-26(23)34-2/h4-16H,3,17H2,1-2H3,(H,32,33)/b31-16-. The summed E-state index contributed by atoms with van der Waals surface area (Å²) in [5, 5.41) is 7.12. The third kappa shape index (κ3) is 6.08. The van der Waals surface area contributed by atoms with Gasteiger partial charge in [-0.2, -0.15) is 5.10 Å². The first-order chi connectivity index (χ1) is 17.5. The number of hydrogen-bond donors (Lipinski definition) is 1. The molecular weight excluding hydrogens is 499 g/mol. The van der Waals surface area contributed by atoms with E-state index in [0.29, 0.717) is 39.5 Å². The minimum Gasteiger partial charge on any atom is -0.496 e. The highest BCUT2D eigenvalue weighted by molar-refractivity contribution is 6.35. The summed E-state index contributed by atoms with van der Waals surface area (Å²) < 4.78 is 17.1. The molecule has 36 heavy (non-hydrogen) atoms. The van der Waals surface area contributed by atoms with Gasteiger partial charge in [0.05, 0.1) is 25.5 Å². The molecule has 0 bridgehead atoms. The molecule has 0 aliphatic heterocycles. The van der Waals surface area contributed by atoms with Crippen molar-refractivity contribution < 1.29 is 19.0 Å². The summed E-state index contributed by atoms with van der Waals surface area (Å²) in [7, 11) is 1.53. The normalized spacial score (nSPS) is 11.0. The van der Waals surface area contributed by atoms with Crippen LogP contribution in [0.25, 0.3) is 10.8 Å². The van der Waals surface area contributed by atoms with Crippen molar-refractivity contribution in [1.29, 1.82) is 0 Å². The van der Waals surface area contributed by atoms with Crippen LogP contribution in [0, 0.1) is 0 Å². The second-order valence-electron chi connectivity index (χ2n) is 7.76. The number of rotatable bonds is 9. The molecule has 0 atom stereocenters. The monoisotopic (exact) mass is 522 g/mol. The number of benzene rings is 4. The minimum atomic E-state index is -0.376. The van der Waals surface area contributed by atoms with Crippen LogP contribution in [-0.4, -0.2) is 25.8 Å². The van der Waals surface area contributed by atoms with Gasteiger partial charge in [0.15, 0.2) is 11.5 Å². The quantitative estimate of drug-likeness (QED) is 0.192. The number of nitrogens with one attached hydrogen (secondary N) is 1. The van der Waals surface area contributed by atoms with E-state index in [9.17, 15) is 4.79 Å². The third-order valence-electron chi connectivity index (χ3n) is 5.36. The van der Waals surface area contributed by atoms with Gasteiger partial charge in [-0.25, -0.2) is 5.43 Å². The van der Waals surface area contributed by atoms with E-state index in [0.717, 1.165) is 21.9 Å². The molecule has 4 aromatic rings. The molecule has 0 fully saturated rings. The predicted molar refractivity (Wildman–Crippen MR) is 144 cm³/mol. The molecule has 0 aromatic heterocycles. The molecule has 6 nitrogen and oxygen atoms in total. The highest BCUT2D eigenvalue weighted by Crippen LogP contribution is 2.30. The highest BCUT2D eigenvalue weighted by Gasteiger charge is 2.13. The van der Waals surface area contributed by atoms with E-state index in [-0.39, 0.29) is 12.5 Å². The Bertz CT molecular complexity index is 1420. The largest absolute Gasteiger partial charge is 0.496 e. The smallest absolute Gasteiger partial charge is 0.275 e. The van der Waals surface area contributed by atoms with Crippen molar-refractivity contribution in [2.45, 2.75) is 13.5 Å². The Morgan fingerprint density at radius 2 is 1.69 bits per heavy atom. The van der Waals surface area contributed by atoms with Gasteiger partial charge in [-0.05, 0) is 65.7 Å². The third-order valence-corrected chi connectivity index (χ3v) is 5.95. The lowest BCUT2D eigenvalue weighted by Gasteiger charge is -2.13. The Kier molecular flexibility index (Phi) is 8.31. The molecular formula is C28H24Cl2N2O4. The van der Waals surface area contributed by atoms with Gasteiger partial charge in [0.25, 0.3) is 5.91 Å². The molecule has 0 aliphatic carbocycles. The number of carbonyl (C=O) groups is 1. The number of methoxy groups -OCH3 is 1. The summed E-state index contributed by atoms with van der Waals surface area (Å²) >= 11 is 12.2. The molecule has 0 aliphatic rings. The van der Waals surface area contributed by atoms with Crippen LogP contribution in [0.3, 0.4) is 0 Å². The second kappa shape index (κ2) is 11.8. The van der Waals surface area contributed by atoms with Crippen molar-refractivity contribution in [3.63, 3.8) is 0 Å². The van der Waals surface area contributed by atoms with Crippen molar-refractivity contribution in [3.8, 4) is 17.2 Å². The zero-order chi connectivity index (χ0) is 25.5. The Morgan fingerprint density at radius 1 is 0.917 bits per heavy atom. The van der Waals surface area contributed by atoms with E-state index in [2.05, 4.69) is 10.5 Å². The van der Waals surface area contributed by atoms with Crippen LogP contribution in [0.15, 0.2) is 77.9 Å². The molecule has 0 unspecified atom stereocenters. The number of carbonyl (C=O) groups excluding carboxylic acids is 1. The van der Waals surface area contributed by atoms with Crippen LogP contribution in [0.2, 0.25) is 10.0 Å². The average molecular weight is 523 g/mol. The molecule has 4 aromatic carbocycles. The molecule has 1 amide bonds. The van der Waals surface area contributed by atoms with Crippen LogP contribution in [0.5, 0.6) is 17.2 Å². The van der Waals surface area contributed by atoms with Gasteiger partial charge < -0.3 is 14.2 Å². The number of ether oxygens (including phenoxy) is 3. The number of amides is 1. The van der Waals surface area contributed by atoms with Gasteiger partial charge in [-0.3, -0.25) is 4.79 Å². The van der Waals surface area contributed by atoms with Crippen molar-refractivity contribution in [2.24, 2.45) is 5.10 Å². The van der Waals surface area contributed by atoms with Gasteiger partial charge in [-0.15, -0.1) is 0 Å². The zero-order valence-corrected chi connectivity index (χ0v) is 21.3. The first-order valence-corrected chi connectivity index (χ1v) is 12.0. The maximum atomic E-state index is 12.8. The number of hydrogen-bond acceptors (Lipinski definition) is 5. The topological polar surface area (TPSA) is 69.2 Å². The van der Waals surface area contributed by atoms with Gasteiger partial charge in [0.2, 0.25) is 0 Å². The van der Waals surface area contributed by atoms with Gasteiger partial charge in [0.1, 0.15) is 12.4 Å². The summed E-state index contributed by atoms with van der Waals surface area (Å²) in [5.74, 6) is 1.21. The molecule has 0 spiro atoms. The van der Waals surface area contributed by atoms with Gasteiger partial charge >= 0.3 is 0 Å². The molecule has 0 saturated carbocycles. The zero-order valence-electron chi connectivity index (χ0n) is 19.8. The molecule has 8 heteroatoms. The second-order valence-corrected chi connectivity index (χ2v) is 8.61. The van der Waals surface area contributed by atoms with E-state index in [1.807, 2.05) is 49.4 Å². The lowest BCUT2D eigenvalue weighted by atomic mass is 10.1. The predicted octanol–water partition coefficient (Wildman–Crippen LogP) is 6.90. The summed E-state index contributed by atoms with van der Waals surface area (Å²) in [6.45, 7) is 2.60. The summed E-state index contributed by atoms with van der Waals surface area (Å²) in [4.78, 5) is 12.8. The number of nitrogens with zero attached hydrogens (tertiary/aromatic N) is 1. The van der Waals surface area contributed by atoms with Crippen molar-refractivity contribution in [1.82, 2.24) is 5.43 Å². The fourth-order valence-electron chi connectivity index (χ4n) is 3.58. The first kappa shape index (κ1) is 25.4. The fourth-order valence-corrected chi connectivity index (χ4v) is 4.04. The number of hydrazone groups is 1. The molecule has 184 valence electrons. The van der Waals surface area contributed by atoms with E-state index < -0.39 is 0 Å². The van der Waals surface area contributed by atoms with Crippen LogP contribution in [0.4, 0.5) is 0 Å². The van der Waals surface area contributed by atoms with E-state index in [1.54, 1.807) is 30.3 Å². The highest BCUT2D eigenvalue weighted by atomic mass is 35.5. The van der Waals surface area contributed by atoms with Crippen molar-refractivity contribution in [2.75, 3.05) is 13.7 Å². The fraction of sp³-hybridized carbons (Fsp3) is 0.143. The van der Waals surface area contributed by atoms with Crippen molar-refractivity contribution >= 4 is 46.1 Å². The maximum absolute atomic E-state index is 12.8. The molecule has 0 saturated heterocycles. The van der Waals surface area contributed by atoms with Crippen molar-refractivity contribution in [3.05, 3.63) is 99.5 Å². The SMILES string of the molecule is CCOc1cc(/C=N\NC(=O)c2cc3ccccc3cc2OC)ccc1OCc1ccc(Cl)cc1Cl. The summed E-state index contributed by atoms with van der Waals surface area (Å²) in [6, 6.07) is 22.0. The van der Waals surface area contributed by atoms with Crippen LogP contribution in [-0.2, 0) is 6.61 Å². The molecule has 0 heterocycles. The van der Waals surface area contributed by atoms with Gasteiger partial charge in [0, 0.05) is 15.6 Å². The molecule has 4 rings (SSSR count). The summed E-state index contributed by atoms with van der Waals surface area (Å²) in [6.07, 6.45) is 1.54. The number of fused-ring (bicyclic) bond motifs is 1. The molecule has 0 radical (unpaired) electrons. The van der Waals surface area contributed by atoms with E-state index >= 15 is 0 Å². The van der Waals surface area contributed by atoms with Crippen LogP contribution in [0.1, 0.15) is 28.4 Å². The Labute approximate surface area is 219 Å². The van der Waals surface area contributed by atoms with Crippen LogP contribution >= 0.6 is 23.2 Å².